The smallest absolute Gasteiger partial charge is 0.257 e. The lowest BCUT2D eigenvalue weighted by molar-refractivity contribution is 0.0621. The summed E-state index contributed by atoms with van der Waals surface area (Å²) in [6.07, 6.45) is 7.09. The minimum Gasteiger partial charge on any atom is -0.336 e. The molecule has 0 bridgehead atoms. The van der Waals surface area contributed by atoms with Gasteiger partial charge in [-0.3, -0.25) is 4.79 Å². The van der Waals surface area contributed by atoms with Gasteiger partial charge in [0, 0.05) is 45.3 Å². The van der Waals surface area contributed by atoms with Gasteiger partial charge in [0.15, 0.2) is 0 Å². The molecule has 1 aliphatic heterocycles. The van der Waals surface area contributed by atoms with Crippen molar-refractivity contribution in [2.45, 2.75) is 6.04 Å². The van der Waals surface area contributed by atoms with E-state index in [0.717, 1.165) is 18.1 Å². The number of carbonyl (C=O) groups excluding carboxylic acids is 1. The second-order valence-electron chi connectivity index (χ2n) is 6.12. The Morgan fingerprint density at radius 3 is 2.88 bits per heavy atom. The monoisotopic (exact) mass is 336 g/mol. The van der Waals surface area contributed by atoms with Gasteiger partial charge in [-0.2, -0.15) is 5.10 Å². The minimum absolute atomic E-state index is 0.0170. The number of hydrogen-bond acceptors (Lipinski definition) is 4. The molecule has 1 N–H and O–H groups in total. The van der Waals surface area contributed by atoms with Crippen LogP contribution in [0.15, 0.2) is 55.1 Å². The van der Waals surface area contributed by atoms with Gasteiger partial charge in [0.1, 0.15) is 11.9 Å². The standard InChI is InChI=1S/C18H20N6O/c1-22-9-8-20-17(22)16-12-19-7-10-23(16)18(25)14-11-21-24(13-14)15-5-3-2-4-6-15/h2-6,8-9,11,13,16,19H,7,10,12H2,1H3. The van der Waals surface area contributed by atoms with E-state index in [0.29, 0.717) is 18.7 Å². The Kier molecular flexibility index (Phi) is 4.07. The fourth-order valence-electron chi connectivity index (χ4n) is 3.20. The summed E-state index contributed by atoms with van der Waals surface area (Å²) in [5, 5.41) is 7.69. The molecule has 2 aromatic heterocycles. The Morgan fingerprint density at radius 2 is 2.12 bits per heavy atom. The van der Waals surface area contributed by atoms with E-state index < -0.39 is 0 Å². The Morgan fingerprint density at radius 1 is 1.28 bits per heavy atom. The average Bonchev–Trinajstić information content (AvgIpc) is 3.31. The second-order valence-corrected chi connectivity index (χ2v) is 6.12. The number of piperazine rings is 1. The molecule has 0 spiro atoms. The van der Waals surface area contributed by atoms with Crippen LogP contribution in [-0.2, 0) is 7.05 Å². The highest BCUT2D eigenvalue weighted by Gasteiger charge is 2.31. The van der Waals surface area contributed by atoms with Gasteiger partial charge in [0.05, 0.1) is 17.4 Å². The third-order valence-corrected chi connectivity index (χ3v) is 4.51. The molecule has 25 heavy (non-hydrogen) atoms. The maximum absolute atomic E-state index is 13.1. The number of aromatic nitrogens is 4. The molecule has 1 fully saturated rings. The zero-order valence-electron chi connectivity index (χ0n) is 14.0. The van der Waals surface area contributed by atoms with E-state index in [1.165, 1.54) is 0 Å². The molecule has 3 heterocycles. The molecule has 1 aromatic carbocycles. The molecular weight excluding hydrogens is 316 g/mol. The van der Waals surface area contributed by atoms with Crippen LogP contribution in [0.25, 0.3) is 5.69 Å². The molecule has 0 saturated carbocycles. The first-order chi connectivity index (χ1) is 12.2. The van der Waals surface area contributed by atoms with E-state index in [2.05, 4.69) is 15.4 Å². The quantitative estimate of drug-likeness (QED) is 0.785. The molecule has 128 valence electrons. The van der Waals surface area contributed by atoms with Crippen molar-refractivity contribution < 1.29 is 4.79 Å². The highest BCUT2D eigenvalue weighted by molar-refractivity contribution is 5.94. The van der Waals surface area contributed by atoms with E-state index in [-0.39, 0.29) is 11.9 Å². The predicted octanol–water partition coefficient (Wildman–Crippen LogP) is 1.39. The first-order valence-electron chi connectivity index (χ1n) is 8.33. The van der Waals surface area contributed by atoms with Gasteiger partial charge in [0.2, 0.25) is 0 Å². The molecule has 0 radical (unpaired) electrons. The van der Waals surface area contributed by atoms with Crippen molar-refractivity contribution in [3.05, 3.63) is 66.5 Å². The number of carbonyl (C=O) groups is 1. The normalized spacial score (nSPS) is 17.6. The highest BCUT2D eigenvalue weighted by atomic mass is 16.2. The van der Waals surface area contributed by atoms with Crippen LogP contribution in [0.1, 0.15) is 22.2 Å². The first kappa shape index (κ1) is 15.6. The molecule has 7 heteroatoms. The van der Waals surface area contributed by atoms with Crippen molar-refractivity contribution in [1.82, 2.24) is 29.5 Å². The third kappa shape index (κ3) is 2.94. The Bertz CT molecular complexity index is 869. The summed E-state index contributed by atoms with van der Waals surface area (Å²) in [5.41, 5.74) is 1.52. The lowest BCUT2D eigenvalue weighted by Crippen LogP contribution is -2.49. The number of rotatable bonds is 3. The van der Waals surface area contributed by atoms with Crippen molar-refractivity contribution in [3.8, 4) is 5.69 Å². The molecule has 4 rings (SSSR count). The molecular formula is C18H20N6O. The molecule has 1 unspecified atom stereocenters. The second kappa shape index (κ2) is 6.52. The number of aryl methyl sites for hydroxylation is 1. The number of nitrogens with zero attached hydrogens (tertiary/aromatic N) is 5. The first-order valence-corrected chi connectivity index (χ1v) is 8.33. The summed E-state index contributed by atoms with van der Waals surface area (Å²) in [7, 11) is 1.95. The zero-order chi connectivity index (χ0) is 17.2. The maximum atomic E-state index is 13.1. The number of hydrogen-bond donors (Lipinski definition) is 1. The largest absolute Gasteiger partial charge is 0.336 e. The number of para-hydroxylation sites is 1. The lowest BCUT2D eigenvalue weighted by atomic mass is 10.1. The molecule has 3 aromatic rings. The summed E-state index contributed by atoms with van der Waals surface area (Å²) < 4.78 is 3.69. The van der Waals surface area contributed by atoms with Crippen LogP contribution in [0.2, 0.25) is 0 Å². The molecule has 7 nitrogen and oxygen atoms in total. The zero-order valence-corrected chi connectivity index (χ0v) is 14.0. The number of imidazole rings is 1. The Balaban J connectivity index is 1.61. The average molecular weight is 336 g/mol. The van der Waals surface area contributed by atoms with Crippen LogP contribution in [0.5, 0.6) is 0 Å². The van der Waals surface area contributed by atoms with E-state index in [9.17, 15) is 4.79 Å². The number of benzene rings is 1. The van der Waals surface area contributed by atoms with Crippen LogP contribution in [-0.4, -0.2) is 49.8 Å². The van der Waals surface area contributed by atoms with Crippen molar-refractivity contribution in [2.75, 3.05) is 19.6 Å². The highest BCUT2D eigenvalue weighted by Crippen LogP contribution is 2.23. The SMILES string of the molecule is Cn1ccnc1C1CNCCN1C(=O)c1cnn(-c2ccccc2)c1. The molecule has 1 saturated heterocycles. The van der Waals surface area contributed by atoms with E-state index in [4.69, 9.17) is 0 Å². The van der Waals surface area contributed by atoms with E-state index >= 15 is 0 Å². The van der Waals surface area contributed by atoms with Gasteiger partial charge in [-0.05, 0) is 12.1 Å². The van der Waals surface area contributed by atoms with Crippen LogP contribution in [0.4, 0.5) is 0 Å². The Labute approximate surface area is 145 Å². The Hall–Kier alpha value is -2.93. The fraction of sp³-hybridized carbons (Fsp3) is 0.278. The predicted molar refractivity (Wildman–Crippen MR) is 93.4 cm³/mol. The molecule has 1 atom stereocenters. The maximum Gasteiger partial charge on any atom is 0.257 e. The van der Waals surface area contributed by atoms with E-state index in [1.807, 2.05) is 53.0 Å². The van der Waals surface area contributed by atoms with Crippen LogP contribution in [0.3, 0.4) is 0 Å². The van der Waals surface area contributed by atoms with Crippen molar-refractivity contribution in [2.24, 2.45) is 7.05 Å². The number of amides is 1. The molecule has 1 amide bonds. The van der Waals surface area contributed by atoms with Gasteiger partial charge in [-0.25, -0.2) is 9.67 Å². The summed E-state index contributed by atoms with van der Waals surface area (Å²) in [4.78, 5) is 19.4. The van der Waals surface area contributed by atoms with Gasteiger partial charge in [0.25, 0.3) is 5.91 Å². The topological polar surface area (TPSA) is 68.0 Å². The fourth-order valence-corrected chi connectivity index (χ4v) is 3.20. The van der Waals surface area contributed by atoms with Gasteiger partial charge >= 0.3 is 0 Å². The van der Waals surface area contributed by atoms with Crippen molar-refractivity contribution in [3.63, 3.8) is 0 Å². The van der Waals surface area contributed by atoms with E-state index in [1.54, 1.807) is 23.3 Å². The van der Waals surface area contributed by atoms with Crippen LogP contribution < -0.4 is 5.32 Å². The summed E-state index contributed by atoms with van der Waals surface area (Å²) in [6, 6.07) is 9.70. The van der Waals surface area contributed by atoms with Crippen molar-refractivity contribution >= 4 is 5.91 Å². The third-order valence-electron chi connectivity index (χ3n) is 4.51. The van der Waals surface area contributed by atoms with Crippen LogP contribution in [0, 0.1) is 0 Å². The van der Waals surface area contributed by atoms with Crippen LogP contribution >= 0.6 is 0 Å². The van der Waals surface area contributed by atoms with Gasteiger partial charge in [-0.1, -0.05) is 18.2 Å². The summed E-state index contributed by atoms with van der Waals surface area (Å²) in [5.74, 6) is 0.868. The van der Waals surface area contributed by atoms with Crippen molar-refractivity contribution in [1.29, 1.82) is 0 Å². The summed E-state index contributed by atoms with van der Waals surface area (Å²) >= 11 is 0. The minimum atomic E-state index is -0.0821. The molecule has 0 aliphatic carbocycles. The summed E-state index contributed by atoms with van der Waals surface area (Å²) in [6.45, 7) is 2.12. The van der Waals surface area contributed by atoms with Gasteiger partial charge in [-0.15, -0.1) is 0 Å². The number of nitrogens with one attached hydrogen (secondary N) is 1. The molecule has 1 aliphatic rings. The van der Waals surface area contributed by atoms with Gasteiger partial charge < -0.3 is 14.8 Å². The lowest BCUT2D eigenvalue weighted by Gasteiger charge is -2.35.